The number of carbonyl (C=O) groups excluding carboxylic acids is 1. The van der Waals surface area contributed by atoms with E-state index in [1.807, 2.05) is 6.92 Å². The minimum absolute atomic E-state index is 0.0464. The van der Waals surface area contributed by atoms with Crippen LogP contribution in [0.4, 0.5) is 13.2 Å². The second-order valence-electron chi connectivity index (χ2n) is 6.72. The summed E-state index contributed by atoms with van der Waals surface area (Å²) in [7, 11) is 0. The molecule has 1 N–H and O–H groups in total. The maximum Gasteiger partial charge on any atom is 0.406 e. The number of nitrogens with one attached hydrogen (secondary N) is 1. The SMILES string of the molecule is Cc1ncnc2c1CN(C(=O)c1ccc3[nH]c(=O)n(CC(F)(F)F)c3c1)CC2. The Morgan fingerprint density at radius 3 is 2.82 bits per heavy atom. The molecule has 28 heavy (non-hydrogen) atoms. The molecule has 1 aromatic carbocycles. The molecule has 3 aromatic rings. The third kappa shape index (κ3) is 3.25. The number of hydrogen-bond acceptors (Lipinski definition) is 4. The number of halogens is 3. The third-order valence-corrected chi connectivity index (χ3v) is 4.86. The van der Waals surface area contributed by atoms with Crippen LogP contribution in [-0.4, -0.2) is 43.0 Å². The van der Waals surface area contributed by atoms with Crippen LogP contribution < -0.4 is 5.69 Å². The van der Waals surface area contributed by atoms with Crippen LogP contribution in [0.5, 0.6) is 0 Å². The van der Waals surface area contributed by atoms with E-state index in [0.717, 1.165) is 17.0 Å². The van der Waals surface area contributed by atoms with Crippen molar-refractivity contribution < 1.29 is 18.0 Å². The average Bonchev–Trinajstić information content (AvgIpc) is 2.94. The standard InChI is InChI=1S/C18H16F3N5O2/c1-10-12-7-25(5-4-13(12)23-9-22-10)16(27)11-2-3-14-15(6-11)26(17(28)24-14)8-18(19,20)21/h2-3,6,9H,4-5,7-8H2,1H3,(H,24,28). The lowest BCUT2D eigenvalue weighted by Gasteiger charge is -2.29. The van der Waals surface area contributed by atoms with Gasteiger partial charge in [-0.1, -0.05) is 0 Å². The number of carbonyl (C=O) groups is 1. The summed E-state index contributed by atoms with van der Waals surface area (Å²) in [5.74, 6) is -0.317. The highest BCUT2D eigenvalue weighted by Gasteiger charge is 2.30. The molecule has 2 aromatic heterocycles. The fourth-order valence-corrected chi connectivity index (χ4v) is 3.46. The summed E-state index contributed by atoms with van der Waals surface area (Å²) < 4.78 is 39.0. The molecule has 0 bridgehead atoms. The number of fused-ring (bicyclic) bond motifs is 2. The van der Waals surface area contributed by atoms with Crippen LogP contribution in [0.2, 0.25) is 0 Å². The minimum atomic E-state index is -4.55. The zero-order chi connectivity index (χ0) is 20.1. The summed E-state index contributed by atoms with van der Waals surface area (Å²) in [4.78, 5) is 37.2. The maximum atomic E-state index is 12.9. The lowest BCUT2D eigenvalue weighted by atomic mass is 10.0. The van der Waals surface area contributed by atoms with Crippen molar-refractivity contribution in [2.45, 2.75) is 32.6 Å². The van der Waals surface area contributed by atoms with E-state index < -0.39 is 18.4 Å². The van der Waals surface area contributed by atoms with Crippen molar-refractivity contribution in [3.8, 4) is 0 Å². The van der Waals surface area contributed by atoms with Gasteiger partial charge in [-0.05, 0) is 25.1 Å². The molecule has 0 atom stereocenters. The summed E-state index contributed by atoms with van der Waals surface area (Å²) in [5.41, 5.74) is 2.24. The third-order valence-electron chi connectivity index (χ3n) is 4.86. The second kappa shape index (κ2) is 6.47. The van der Waals surface area contributed by atoms with Crippen molar-refractivity contribution in [2.75, 3.05) is 6.54 Å². The Morgan fingerprint density at radius 2 is 2.07 bits per heavy atom. The van der Waals surface area contributed by atoms with Crippen molar-refractivity contribution in [1.29, 1.82) is 0 Å². The number of aromatic amines is 1. The highest BCUT2D eigenvalue weighted by atomic mass is 19.4. The largest absolute Gasteiger partial charge is 0.406 e. The highest BCUT2D eigenvalue weighted by molar-refractivity contribution is 5.97. The molecule has 0 radical (unpaired) electrons. The fourth-order valence-electron chi connectivity index (χ4n) is 3.46. The summed E-state index contributed by atoms with van der Waals surface area (Å²) in [6.07, 6.45) is -2.48. The van der Waals surface area contributed by atoms with Gasteiger partial charge < -0.3 is 9.88 Å². The minimum Gasteiger partial charge on any atom is -0.334 e. The van der Waals surface area contributed by atoms with E-state index in [-0.39, 0.29) is 22.5 Å². The molecular formula is C18H16F3N5O2. The Labute approximate surface area is 156 Å². The second-order valence-corrected chi connectivity index (χ2v) is 6.72. The molecule has 0 unspecified atom stereocenters. The Morgan fingerprint density at radius 1 is 1.29 bits per heavy atom. The molecule has 0 saturated carbocycles. The summed E-state index contributed by atoms with van der Waals surface area (Å²) in [6.45, 7) is 1.21. The predicted molar refractivity (Wildman–Crippen MR) is 93.8 cm³/mol. The first-order valence-electron chi connectivity index (χ1n) is 8.61. The molecule has 146 valence electrons. The monoisotopic (exact) mass is 391 g/mol. The van der Waals surface area contributed by atoms with Gasteiger partial charge in [0, 0.05) is 36.3 Å². The van der Waals surface area contributed by atoms with Crippen LogP contribution in [0.25, 0.3) is 11.0 Å². The molecule has 0 spiro atoms. The van der Waals surface area contributed by atoms with E-state index in [2.05, 4.69) is 15.0 Å². The number of imidazole rings is 1. The molecule has 3 heterocycles. The van der Waals surface area contributed by atoms with Crippen molar-refractivity contribution >= 4 is 16.9 Å². The number of alkyl halides is 3. The zero-order valence-electron chi connectivity index (χ0n) is 14.9. The first-order valence-corrected chi connectivity index (χ1v) is 8.61. The van der Waals surface area contributed by atoms with Gasteiger partial charge in [-0.2, -0.15) is 13.2 Å². The van der Waals surface area contributed by atoms with Gasteiger partial charge in [-0.15, -0.1) is 0 Å². The topological polar surface area (TPSA) is 83.9 Å². The van der Waals surface area contributed by atoms with Crippen LogP contribution >= 0.6 is 0 Å². The first-order chi connectivity index (χ1) is 13.2. The molecule has 0 saturated heterocycles. The summed E-state index contributed by atoms with van der Waals surface area (Å²) >= 11 is 0. The van der Waals surface area contributed by atoms with Gasteiger partial charge in [-0.3, -0.25) is 9.36 Å². The Kier molecular flexibility index (Phi) is 4.20. The molecular weight excluding hydrogens is 375 g/mol. The van der Waals surface area contributed by atoms with Crippen molar-refractivity contribution in [1.82, 2.24) is 24.4 Å². The quantitative estimate of drug-likeness (QED) is 0.726. The van der Waals surface area contributed by atoms with Crippen LogP contribution in [0.15, 0.2) is 29.3 Å². The zero-order valence-corrected chi connectivity index (χ0v) is 14.9. The van der Waals surface area contributed by atoms with Crippen molar-refractivity contribution in [3.63, 3.8) is 0 Å². The van der Waals surface area contributed by atoms with Crippen LogP contribution in [0, 0.1) is 6.92 Å². The van der Waals surface area contributed by atoms with E-state index in [9.17, 15) is 22.8 Å². The number of H-pyrrole nitrogens is 1. The fraction of sp³-hybridized carbons (Fsp3) is 0.333. The number of nitrogens with zero attached hydrogens (tertiary/aromatic N) is 4. The molecule has 0 aliphatic carbocycles. The lowest BCUT2D eigenvalue weighted by Crippen LogP contribution is -2.37. The van der Waals surface area contributed by atoms with Gasteiger partial charge >= 0.3 is 11.9 Å². The summed E-state index contributed by atoms with van der Waals surface area (Å²) in [5, 5.41) is 0. The van der Waals surface area contributed by atoms with Crippen LogP contribution in [-0.2, 0) is 19.5 Å². The van der Waals surface area contributed by atoms with Gasteiger partial charge in [0.05, 0.1) is 16.7 Å². The number of benzene rings is 1. The molecule has 1 aliphatic rings. The van der Waals surface area contributed by atoms with E-state index in [0.29, 0.717) is 24.1 Å². The number of aryl methyl sites for hydroxylation is 1. The number of amides is 1. The van der Waals surface area contributed by atoms with E-state index >= 15 is 0 Å². The molecule has 1 aliphatic heterocycles. The van der Waals surface area contributed by atoms with Gasteiger partial charge in [0.1, 0.15) is 12.9 Å². The normalized spacial score (nSPS) is 14.4. The number of hydrogen-bond donors (Lipinski definition) is 1. The predicted octanol–water partition coefficient (Wildman–Crippen LogP) is 2.19. The lowest BCUT2D eigenvalue weighted by molar-refractivity contribution is -0.140. The molecule has 0 fully saturated rings. The van der Waals surface area contributed by atoms with Gasteiger partial charge in [0.2, 0.25) is 0 Å². The Bertz CT molecular complexity index is 1130. The van der Waals surface area contributed by atoms with Crippen LogP contribution in [0.3, 0.4) is 0 Å². The van der Waals surface area contributed by atoms with E-state index in [1.54, 1.807) is 4.90 Å². The van der Waals surface area contributed by atoms with E-state index in [4.69, 9.17) is 0 Å². The number of aromatic nitrogens is 4. The smallest absolute Gasteiger partial charge is 0.334 e. The molecule has 7 nitrogen and oxygen atoms in total. The van der Waals surface area contributed by atoms with Crippen molar-refractivity contribution in [2.24, 2.45) is 0 Å². The Hall–Kier alpha value is -3.17. The van der Waals surface area contributed by atoms with Gasteiger partial charge in [0.25, 0.3) is 5.91 Å². The molecule has 4 rings (SSSR count). The number of rotatable bonds is 2. The maximum absolute atomic E-state index is 12.9. The van der Waals surface area contributed by atoms with Crippen LogP contribution in [0.1, 0.15) is 27.3 Å². The average molecular weight is 391 g/mol. The molecule has 1 amide bonds. The van der Waals surface area contributed by atoms with E-state index in [1.165, 1.54) is 24.5 Å². The summed E-state index contributed by atoms with van der Waals surface area (Å²) in [6, 6.07) is 4.27. The Balaban J connectivity index is 1.68. The van der Waals surface area contributed by atoms with Gasteiger partial charge in [0.15, 0.2) is 0 Å². The molecule has 10 heteroatoms. The highest BCUT2D eigenvalue weighted by Crippen LogP contribution is 2.23. The van der Waals surface area contributed by atoms with Crippen molar-refractivity contribution in [3.05, 3.63) is 57.5 Å². The van der Waals surface area contributed by atoms with Gasteiger partial charge in [-0.25, -0.2) is 14.8 Å². The first kappa shape index (κ1) is 18.2.